The Labute approximate surface area is 98.2 Å². The van der Waals surface area contributed by atoms with Gasteiger partial charge in [-0.15, -0.1) is 0 Å². The third-order valence-electron chi connectivity index (χ3n) is 2.51. The summed E-state index contributed by atoms with van der Waals surface area (Å²) >= 11 is 0. The topological polar surface area (TPSA) is 52.0 Å². The van der Waals surface area contributed by atoms with Crippen molar-refractivity contribution >= 4 is 30.6 Å². The molecule has 0 radical (unpaired) electrons. The highest BCUT2D eigenvalue weighted by atomic mass is 35.7. The first-order chi connectivity index (χ1) is 7.45. The Balaban J connectivity index is 2.96. The Hall–Kier alpha value is -1.07. The van der Waals surface area contributed by atoms with E-state index in [1.54, 1.807) is 17.8 Å². The highest BCUT2D eigenvalue weighted by Crippen LogP contribution is 2.28. The molecule has 1 aromatic carbocycles. The number of nitrogens with zero attached hydrogens (tertiary/aromatic N) is 2. The van der Waals surface area contributed by atoms with Crippen LogP contribution in [0, 0.1) is 0 Å². The third-order valence-corrected chi connectivity index (χ3v) is 3.87. The molecule has 0 aliphatic carbocycles. The molecule has 1 aromatic heterocycles. The van der Waals surface area contributed by atoms with Crippen LogP contribution < -0.4 is 0 Å². The summed E-state index contributed by atoms with van der Waals surface area (Å²) in [6.45, 7) is 1.93. The number of rotatable bonds is 2. The van der Waals surface area contributed by atoms with Gasteiger partial charge in [0.2, 0.25) is 0 Å². The van der Waals surface area contributed by atoms with Crippen molar-refractivity contribution in [2.45, 2.75) is 18.2 Å². The van der Waals surface area contributed by atoms with E-state index in [9.17, 15) is 8.42 Å². The van der Waals surface area contributed by atoms with E-state index in [0.29, 0.717) is 11.8 Å². The van der Waals surface area contributed by atoms with Gasteiger partial charge in [0.15, 0.2) is 0 Å². The fourth-order valence-corrected chi connectivity index (χ4v) is 2.91. The summed E-state index contributed by atoms with van der Waals surface area (Å²) in [6.07, 6.45) is 0.667. The molecular weight excluding hydrogens is 248 g/mol. The zero-order valence-corrected chi connectivity index (χ0v) is 10.5. The maximum Gasteiger partial charge on any atom is 0.262 e. The molecule has 2 aromatic rings. The minimum atomic E-state index is -3.73. The minimum absolute atomic E-state index is 0.136. The van der Waals surface area contributed by atoms with Gasteiger partial charge in [0.1, 0.15) is 0 Å². The Morgan fingerprint density at radius 2 is 2.12 bits per heavy atom. The van der Waals surface area contributed by atoms with Crippen LogP contribution in [-0.4, -0.2) is 18.2 Å². The van der Waals surface area contributed by atoms with Crippen molar-refractivity contribution in [3.05, 3.63) is 23.9 Å². The fraction of sp³-hybridized carbons (Fsp3) is 0.300. The minimum Gasteiger partial charge on any atom is -0.268 e. The molecule has 0 amide bonds. The Morgan fingerprint density at radius 1 is 1.44 bits per heavy atom. The van der Waals surface area contributed by atoms with Gasteiger partial charge in [-0.05, 0) is 18.6 Å². The average Bonchev–Trinajstić information content (AvgIpc) is 2.54. The van der Waals surface area contributed by atoms with Gasteiger partial charge >= 0.3 is 0 Å². The van der Waals surface area contributed by atoms with Crippen LogP contribution in [0.15, 0.2) is 23.1 Å². The molecule has 0 saturated carbocycles. The van der Waals surface area contributed by atoms with Gasteiger partial charge in [0.25, 0.3) is 9.05 Å². The summed E-state index contributed by atoms with van der Waals surface area (Å²) in [5, 5.41) is 4.90. The van der Waals surface area contributed by atoms with Gasteiger partial charge in [-0.3, -0.25) is 4.68 Å². The van der Waals surface area contributed by atoms with Crippen molar-refractivity contribution in [2.24, 2.45) is 7.05 Å². The van der Waals surface area contributed by atoms with E-state index in [1.165, 1.54) is 6.07 Å². The Morgan fingerprint density at radius 3 is 2.69 bits per heavy atom. The summed E-state index contributed by atoms with van der Waals surface area (Å²) in [4.78, 5) is 0.136. The first-order valence-electron chi connectivity index (χ1n) is 4.84. The van der Waals surface area contributed by atoms with E-state index >= 15 is 0 Å². The molecule has 0 spiro atoms. The van der Waals surface area contributed by atoms with Crippen LogP contribution in [-0.2, 0) is 22.5 Å². The second-order valence-corrected chi connectivity index (χ2v) is 6.05. The largest absolute Gasteiger partial charge is 0.268 e. The normalized spacial score (nSPS) is 12.2. The molecule has 0 atom stereocenters. The maximum atomic E-state index is 11.5. The molecule has 0 N–H and O–H groups in total. The lowest BCUT2D eigenvalue weighted by atomic mass is 10.2. The van der Waals surface area contributed by atoms with Gasteiger partial charge in [0.05, 0.1) is 16.1 Å². The molecule has 86 valence electrons. The first-order valence-corrected chi connectivity index (χ1v) is 7.15. The predicted molar refractivity (Wildman–Crippen MR) is 63.1 cm³/mol. The van der Waals surface area contributed by atoms with Crippen molar-refractivity contribution in [1.82, 2.24) is 9.78 Å². The lowest BCUT2D eigenvalue weighted by molar-refractivity contribution is 0.610. The molecule has 16 heavy (non-hydrogen) atoms. The SMILES string of the molecule is CCc1nn(C)c2cccc(S(=O)(=O)Cl)c12. The number of benzene rings is 1. The molecular formula is C10H11ClN2O2S. The van der Waals surface area contributed by atoms with Crippen molar-refractivity contribution in [2.75, 3.05) is 0 Å². The molecule has 6 heteroatoms. The van der Waals surface area contributed by atoms with E-state index in [2.05, 4.69) is 5.10 Å². The van der Waals surface area contributed by atoms with Gasteiger partial charge in [-0.2, -0.15) is 5.10 Å². The van der Waals surface area contributed by atoms with E-state index in [1.807, 2.05) is 13.0 Å². The van der Waals surface area contributed by atoms with Gasteiger partial charge in [0, 0.05) is 23.1 Å². The third kappa shape index (κ3) is 1.70. The van der Waals surface area contributed by atoms with Crippen LogP contribution >= 0.6 is 10.7 Å². The van der Waals surface area contributed by atoms with Gasteiger partial charge in [-0.25, -0.2) is 8.42 Å². The van der Waals surface area contributed by atoms with Crippen LogP contribution in [0.25, 0.3) is 10.9 Å². The summed E-state index contributed by atoms with van der Waals surface area (Å²) in [5.74, 6) is 0. The average molecular weight is 259 g/mol. The van der Waals surface area contributed by atoms with Crippen molar-refractivity contribution in [3.8, 4) is 0 Å². The lowest BCUT2D eigenvalue weighted by Gasteiger charge is -2.00. The number of aryl methyl sites for hydroxylation is 2. The van der Waals surface area contributed by atoms with E-state index in [0.717, 1.165) is 11.2 Å². The van der Waals surface area contributed by atoms with Crippen LogP contribution in [0.1, 0.15) is 12.6 Å². The summed E-state index contributed by atoms with van der Waals surface area (Å²) in [7, 11) is 3.46. The van der Waals surface area contributed by atoms with Crippen LogP contribution in [0.5, 0.6) is 0 Å². The highest BCUT2D eigenvalue weighted by molar-refractivity contribution is 8.14. The molecule has 0 fully saturated rings. The van der Waals surface area contributed by atoms with Crippen LogP contribution in [0.4, 0.5) is 0 Å². The molecule has 0 unspecified atom stereocenters. The molecule has 0 aliphatic heterocycles. The fourth-order valence-electron chi connectivity index (χ4n) is 1.81. The zero-order chi connectivity index (χ0) is 11.9. The maximum absolute atomic E-state index is 11.5. The van der Waals surface area contributed by atoms with Gasteiger partial charge in [-0.1, -0.05) is 13.0 Å². The Bertz CT molecular complexity index is 646. The number of hydrogen-bond acceptors (Lipinski definition) is 3. The van der Waals surface area contributed by atoms with E-state index in [4.69, 9.17) is 10.7 Å². The first kappa shape index (κ1) is 11.4. The molecule has 0 bridgehead atoms. The van der Waals surface area contributed by atoms with Crippen LogP contribution in [0.3, 0.4) is 0 Å². The molecule has 2 rings (SSSR count). The van der Waals surface area contributed by atoms with E-state index < -0.39 is 9.05 Å². The van der Waals surface area contributed by atoms with Crippen molar-refractivity contribution < 1.29 is 8.42 Å². The number of fused-ring (bicyclic) bond motifs is 1. The standard InChI is InChI=1S/C10H11ClN2O2S/c1-3-7-10-8(13(2)12-7)5-4-6-9(10)16(11,14)15/h4-6H,3H2,1-2H3. The summed E-state index contributed by atoms with van der Waals surface area (Å²) < 4.78 is 24.6. The Kier molecular flexibility index (Phi) is 2.67. The van der Waals surface area contributed by atoms with Crippen LogP contribution in [0.2, 0.25) is 0 Å². The molecule has 1 heterocycles. The predicted octanol–water partition coefficient (Wildman–Crippen LogP) is 2.06. The lowest BCUT2D eigenvalue weighted by Crippen LogP contribution is -1.93. The summed E-state index contributed by atoms with van der Waals surface area (Å²) in [5.41, 5.74) is 1.52. The van der Waals surface area contributed by atoms with Crippen molar-refractivity contribution in [3.63, 3.8) is 0 Å². The van der Waals surface area contributed by atoms with E-state index in [-0.39, 0.29) is 4.90 Å². The second kappa shape index (κ2) is 3.75. The number of halogens is 1. The summed E-state index contributed by atoms with van der Waals surface area (Å²) in [6, 6.07) is 5.00. The zero-order valence-electron chi connectivity index (χ0n) is 8.94. The quantitative estimate of drug-likeness (QED) is 0.775. The molecule has 0 saturated heterocycles. The molecule has 4 nitrogen and oxygen atoms in total. The van der Waals surface area contributed by atoms with Gasteiger partial charge < -0.3 is 0 Å². The monoisotopic (exact) mass is 258 g/mol. The highest BCUT2D eigenvalue weighted by Gasteiger charge is 2.19. The second-order valence-electron chi connectivity index (χ2n) is 3.51. The smallest absolute Gasteiger partial charge is 0.262 e. The number of hydrogen-bond donors (Lipinski definition) is 0. The number of aromatic nitrogens is 2. The van der Waals surface area contributed by atoms with Crippen molar-refractivity contribution in [1.29, 1.82) is 0 Å². The molecule has 0 aliphatic rings.